The number of aromatic nitrogens is 1. The van der Waals surface area contributed by atoms with Crippen molar-refractivity contribution in [1.29, 1.82) is 0 Å². The third-order valence-electron chi connectivity index (χ3n) is 2.15. The second kappa shape index (κ2) is 6.77. The Hall–Kier alpha value is -1.52. The van der Waals surface area contributed by atoms with Gasteiger partial charge in [0.25, 0.3) is 10.0 Å². The maximum Gasteiger partial charge on any atom is 0.318 e. The van der Waals surface area contributed by atoms with E-state index in [-0.39, 0.29) is 21.8 Å². The molecule has 1 rings (SSSR count). The summed E-state index contributed by atoms with van der Waals surface area (Å²) in [6, 6.07) is 0. The number of anilines is 1. The van der Waals surface area contributed by atoms with Crippen LogP contribution in [0.5, 0.6) is 0 Å². The lowest BCUT2D eigenvalue weighted by Gasteiger charge is -2.17. The average Bonchev–Trinajstić information content (AvgIpc) is 2.76. The van der Waals surface area contributed by atoms with Gasteiger partial charge in [0.05, 0.1) is 6.20 Å². The topological polar surface area (TPSA) is 117 Å². The van der Waals surface area contributed by atoms with Crippen molar-refractivity contribution < 1.29 is 23.1 Å². The number of rotatable bonds is 7. The van der Waals surface area contributed by atoms with E-state index in [1.54, 1.807) is 6.92 Å². The summed E-state index contributed by atoms with van der Waals surface area (Å²) < 4.78 is 25.3. The van der Waals surface area contributed by atoms with Crippen molar-refractivity contribution in [2.75, 3.05) is 18.4 Å². The van der Waals surface area contributed by atoms with Gasteiger partial charge in [-0.25, -0.2) is 13.4 Å². The molecule has 1 aromatic rings. The third kappa shape index (κ3) is 4.25. The van der Waals surface area contributed by atoms with Crippen molar-refractivity contribution in [3.63, 3.8) is 0 Å². The van der Waals surface area contributed by atoms with Crippen LogP contribution in [0.4, 0.5) is 5.13 Å². The number of nitrogens with one attached hydrogen (secondary N) is 1. The zero-order valence-corrected chi connectivity index (χ0v) is 12.6. The fraction of sp³-hybridized carbons (Fsp3) is 0.500. The van der Waals surface area contributed by atoms with Gasteiger partial charge in [0.1, 0.15) is 6.54 Å². The lowest BCUT2D eigenvalue weighted by molar-refractivity contribution is -0.137. The van der Waals surface area contributed by atoms with Crippen LogP contribution in [0.3, 0.4) is 0 Å². The van der Waals surface area contributed by atoms with E-state index in [4.69, 9.17) is 5.11 Å². The molecule has 1 aromatic heterocycles. The molecule has 0 atom stereocenters. The first-order chi connectivity index (χ1) is 9.27. The van der Waals surface area contributed by atoms with Crippen LogP contribution < -0.4 is 5.32 Å². The van der Waals surface area contributed by atoms with Gasteiger partial charge in [0, 0.05) is 13.5 Å². The lowest BCUT2D eigenvalue weighted by Crippen LogP contribution is -2.35. The molecule has 8 nitrogen and oxygen atoms in total. The number of carbonyl (C=O) groups is 2. The Bertz CT molecular complexity index is 596. The van der Waals surface area contributed by atoms with Crippen LogP contribution in [0.1, 0.15) is 20.3 Å². The normalized spacial score (nSPS) is 11.6. The molecule has 0 radical (unpaired) electrons. The Balaban J connectivity index is 3.03. The Morgan fingerprint density at radius 1 is 1.50 bits per heavy atom. The van der Waals surface area contributed by atoms with Crippen LogP contribution >= 0.6 is 11.3 Å². The molecule has 0 aromatic carbocycles. The van der Waals surface area contributed by atoms with Crippen molar-refractivity contribution in [3.05, 3.63) is 6.20 Å². The molecular weight excluding hydrogens is 306 g/mol. The Morgan fingerprint density at radius 2 is 2.15 bits per heavy atom. The van der Waals surface area contributed by atoms with Gasteiger partial charge < -0.3 is 10.4 Å². The predicted octanol–water partition coefficient (Wildman–Crippen LogP) is 0.587. The van der Waals surface area contributed by atoms with E-state index in [1.165, 1.54) is 6.92 Å². The quantitative estimate of drug-likeness (QED) is 0.759. The van der Waals surface area contributed by atoms with E-state index in [9.17, 15) is 18.0 Å². The Morgan fingerprint density at radius 3 is 2.65 bits per heavy atom. The van der Waals surface area contributed by atoms with Crippen LogP contribution in [0.2, 0.25) is 0 Å². The molecular formula is C10H15N3O5S2. The maximum absolute atomic E-state index is 12.3. The minimum absolute atomic E-state index is 0.0992. The highest BCUT2D eigenvalue weighted by Gasteiger charge is 2.28. The van der Waals surface area contributed by atoms with E-state index in [0.717, 1.165) is 21.8 Å². The number of aliphatic carboxylic acids is 1. The van der Waals surface area contributed by atoms with E-state index >= 15 is 0 Å². The summed E-state index contributed by atoms with van der Waals surface area (Å²) in [5.74, 6) is -1.59. The van der Waals surface area contributed by atoms with Crippen LogP contribution in [-0.2, 0) is 19.6 Å². The van der Waals surface area contributed by atoms with Crippen LogP contribution in [0.25, 0.3) is 0 Å². The zero-order valence-electron chi connectivity index (χ0n) is 11.0. The fourth-order valence-electron chi connectivity index (χ4n) is 1.40. The van der Waals surface area contributed by atoms with Crippen molar-refractivity contribution >= 4 is 38.4 Å². The molecule has 1 amide bonds. The average molecular weight is 321 g/mol. The lowest BCUT2D eigenvalue weighted by atomic mass is 10.5. The van der Waals surface area contributed by atoms with Gasteiger partial charge >= 0.3 is 5.97 Å². The zero-order chi connectivity index (χ0) is 15.3. The highest BCUT2D eigenvalue weighted by Crippen LogP contribution is 2.25. The van der Waals surface area contributed by atoms with Crippen molar-refractivity contribution in [1.82, 2.24) is 9.29 Å². The summed E-state index contributed by atoms with van der Waals surface area (Å²) in [5, 5.41) is 11.3. The first-order valence-corrected chi connectivity index (χ1v) is 7.98. The molecule has 0 saturated heterocycles. The highest BCUT2D eigenvalue weighted by atomic mass is 32.2. The molecule has 0 aliphatic rings. The van der Waals surface area contributed by atoms with Crippen molar-refractivity contribution in [2.24, 2.45) is 0 Å². The summed E-state index contributed by atoms with van der Waals surface area (Å²) in [6.45, 7) is 2.52. The van der Waals surface area contributed by atoms with Gasteiger partial charge in [-0.15, -0.1) is 0 Å². The number of nitrogens with zero attached hydrogens (tertiary/aromatic N) is 2. The van der Waals surface area contributed by atoms with Crippen LogP contribution in [0, 0.1) is 0 Å². The first kappa shape index (κ1) is 16.5. The molecule has 0 spiro atoms. The smallest absolute Gasteiger partial charge is 0.318 e. The number of sulfonamides is 1. The second-order valence-corrected chi connectivity index (χ2v) is 7.09. The summed E-state index contributed by atoms with van der Waals surface area (Å²) in [6.07, 6.45) is 1.60. The van der Waals surface area contributed by atoms with E-state index in [1.807, 2.05) is 0 Å². The minimum Gasteiger partial charge on any atom is -0.480 e. The highest BCUT2D eigenvalue weighted by molar-refractivity contribution is 7.91. The minimum atomic E-state index is -3.92. The summed E-state index contributed by atoms with van der Waals surface area (Å²) in [5.41, 5.74) is 0. The molecule has 0 unspecified atom stereocenters. The molecule has 0 fully saturated rings. The van der Waals surface area contributed by atoms with E-state index in [0.29, 0.717) is 6.42 Å². The first-order valence-electron chi connectivity index (χ1n) is 5.72. The largest absolute Gasteiger partial charge is 0.480 e. The molecule has 10 heteroatoms. The second-order valence-electron chi connectivity index (χ2n) is 3.90. The summed E-state index contributed by atoms with van der Waals surface area (Å²) in [7, 11) is -3.92. The number of carboxylic acids is 1. The molecule has 0 aliphatic heterocycles. The van der Waals surface area contributed by atoms with Gasteiger partial charge in [-0.1, -0.05) is 18.3 Å². The Labute approximate surface area is 120 Å². The van der Waals surface area contributed by atoms with E-state index < -0.39 is 22.5 Å². The predicted molar refractivity (Wildman–Crippen MR) is 73.1 cm³/mol. The standard InChI is InChI=1S/C10H15N3O5S2/c1-3-4-13(6-8(15)16)20(17,18)9-5-11-10(19-9)12-7(2)14/h5H,3-4,6H2,1-2H3,(H,15,16)(H,11,12,14). The van der Waals surface area contributed by atoms with Crippen LogP contribution in [0.15, 0.2) is 10.4 Å². The van der Waals surface area contributed by atoms with Crippen molar-refractivity contribution in [2.45, 2.75) is 24.5 Å². The molecule has 0 saturated carbocycles. The number of carboxylic acid groups (broad SMARTS) is 1. The number of amides is 1. The maximum atomic E-state index is 12.3. The van der Waals surface area contributed by atoms with Gasteiger partial charge in [0.15, 0.2) is 9.34 Å². The van der Waals surface area contributed by atoms with Gasteiger partial charge in [-0.2, -0.15) is 4.31 Å². The van der Waals surface area contributed by atoms with Crippen LogP contribution in [-0.4, -0.2) is 47.8 Å². The molecule has 0 bridgehead atoms. The third-order valence-corrected chi connectivity index (χ3v) is 5.34. The van der Waals surface area contributed by atoms with Gasteiger partial charge in [0.2, 0.25) is 5.91 Å². The molecule has 1 heterocycles. The summed E-state index contributed by atoms with van der Waals surface area (Å²) >= 11 is 0.784. The van der Waals surface area contributed by atoms with Gasteiger partial charge in [-0.05, 0) is 6.42 Å². The fourth-order valence-corrected chi connectivity index (χ4v) is 4.11. The Kier molecular flexibility index (Phi) is 5.60. The number of hydrogen-bond donors (Lipinski definition) is 2. The molecule has 112 valence electrons. The number of carbonyl (C=O) groups excluding carboxylic acids is 1. The van der Waals surface area contributed by atoms with E-state index in [2.05, 4.69) is 10.3 Å². The monoisotopic (exact) mass is 321 g/mol. The molecule has 2 N–H and O–H groups in total. The summed E-state index contributed by atoms with van der Waals surface area (Å²) in [4.78, 5) is 25.4. The number of thiazole rings is 1. The van der Waals surface area contributed by atoms with Gasteiger partial charge in [-0.3, -0.25) is 9.59 Å². The SMILES string of the molecule is CCCN(CC(=O)O)S(=O)(=O)c1cnc(NC(C)=O)s1. The van der Waals surface area contributed by atoms with Crippen molar-refractivity contribution in [3.8, 4) is 0 Å². The molecule has 20 heavy (non-hydrogen) atoms. The number of hydrogen-bond acceptors (Lipinski definition) is 6. The molecule has 0 aliphatic carbocycles.